The third kappa shape index (κ3) is 5.05. The van der Waals surface area contributed by atoms with Gasteiger partial charge in [-0.1, -0.05) is 30.3 Å². The van der Waals surface area contributed by atoms with E-state index in [4.69, 9.17) is 9.47 Å². The minimum atomic E-state index is -0.744. The van der Waals surface area contributed by atoms with Crippen LogP contribution in [0, 0.1) is 0 Å². The summed E-state index contributed by atoms with van der Waals surface area (Å²) < 4.78 is 10.4. The lowest BCUT2D eigenvalue weighted by Crippen LogP contribution is -2.39. The number of nitrogens with zero attached hydrogens (tertiary/aromatic N) is 1. The summed E-state index contributed by atoms with van der Waals surface area (Å²) in [4.78, 5) is 14.2. The monoisotopic (exact) mass is 343 g/mol. The summed E-state index contributed by atoms with van der Waals surface area (Å²) in [5.74, 6) is 0.541. The first-order chi connectivity index (χ1) is 12.0. The van der Waals surface area contributed by atoms with Crippen LogP contribution < -0.4 is 4.74 Å². The number of benzene rings is 2. The van der Waals surface area contributed by atoms with Gasteiger partial charge in [0.15, 0.2) is 0 Å². The number of methoxy groups -OCH3 is 1. The molecule has 2 rings (SSSR count). The van der Waals surface area contributed by atoms with E-state index in [1.54, 1.807) is 43.3 Å². The molecule has 5 heteroatoms. The predicted molar refractivity (Wildman–Crippen MR) is 96.8 cm³/mol. The molecule has 0 saturated heterocycles. The van der Waals surface area contributed by atoms with Crippen LogP contribution in [-0.4, -0.2) is 49.3 Å². The summed E-state index contributed by atoms with van der Waals surface area (Å²) in [6, 6.07) is 16.0. The highest BCUT2D eigenvalue weighted by Gasteiger charge is 2.24. The Morgan fingerprint density at radius 1 is 1.08 bits per heavy atom. The molecule has 2 atom stereocenters. The number of carbonyl (C=O) groups excluding carboxylic acids is 1. The van der Waals surface area contributed by atoms with Gasteiger partial charge in [-0.15, -0.1) is 0 Å². The van der Waals surface area contributed by atoms with Crippen LogP contribution in [0.4, 0.5) is 0 Å². The van der Waals surface area contributed by atoms with Gasteiger partial charge in [0, 0.05) is 19.7 Å². The Kier molecular flexibility index (Phi) is 6.98. The number of ether oxygens (including phenoxy) is 2. The summed E-state index contributed by atoms with van der Waals surface area (Å²) in [6.07, 6.45) is -0.744. The van der Waals surface area contributed by atoms with Gasteiger partial charge in [-0.05, 0) is 36.8 Å². The smallest absolute Gasteiger partial charge is 0.253 e. The van der Waals surface area contributed by atoms with Crippen LogP contribution >= 0.6 is 0 Å². The van der Waals surface area contributed by atoms with Crippen LogP contribution in [0.1, 0.15) is 28.9 Å². The number of likely N-dealkylation sites (N-methyl/N-ethyl adjacent to an activating group) is 1. The van der Waals surface area contributed by atoms with E-state index >= 15 is 0 Å². The highest BCUT2D eigenvalue weighted by Crippen LogP contribution is 2.22. The van der Waals surface area contributed by atoms with E-state index in [0.29, 0.717) is 24.5 Å². The van der Waals surface area contributed by atoms with E-state index in [1.165, 1.54) is 0 Å². The molecule has 0 fully saturated rings. The van der Waals surface area contributed by atoms with Crippen molar-refractivity contribution in [2.45, 2.75) is 19.1 Å². The molecular formula is C20H25NO4. The molecule has 0 bridgehead atoms. The largest absolute Gasteiger partial charge is 0.491 e. The van der Waals surface area contributed by atoms with Crippen molar-refractivity contribution in [2.75, 3.05) is 27.4 Å². The van der Waals surface area contributed by atoms with E-state index < -0.39 is 6.10 Å². The Hall–Kier alpha value is -2.37. The van der Waals surface area contributed by atoms with E-state index in [2.05, 4.69) is 0 Å². The molecule has 0 spiro atoms. The van der Waals surface area contributed by atoms with Crippen molar-refractivity contribution in [1.82, 2.24) is 4.90 Å². The standard InChI is InChI=1S/C20H25NO4/c1-15(19(22)16-7-5-4-6-8-16)21(2)20(23)17-9-11-18(12-10-17)25-14-13-24-3/h4-12,15,19,22H,13-14H2,1-3H3. The number of rotatable bonds is 8. The second-order valence-corrected chi connectivity index (χ2v) is 5.88. The number of hydrogen-bond donors (Lipinski definition) is 1. The Labute approximate surface area is 148 Å². The highest BCUT2D eigenvalue weighted by molar-refractivity contribution is 5.94. The summed E-state index contributed by atoms with van der Waals surface area (Å²) in [6.45, 7) is 2.81. The first kappa shape index (κ1) is 19.0. The first-order valence-corrected chi connectivity index (χ1v) is 8.26. The third-order valence-electron chi connectivity index (χ3n) is 4.19. The van der Waals surface area contributed by atoms with Gasteiger partial charge < -0.3 is 19.5 Å². The van der Waals surface area contributed by atoms with Crippen LogP contribution in [0.2, 0.25) is 0 Å². The molecule has 25 heavy (non-hydrogen) atoms. The zero-order chi connectivity index (χ0) is 18.2. The molecule has 2 unspecified atom stereocenters. The molecular weight excluding hydrogens is 318 g/mol. The fourth-order valence-electron chi connectivity index (χ4n) is 2.47. The maximum Gasteiger partial charge on any atom is 0.253 e. The minimum absolute atomic E-state index is 0.147. The summed E-state index contributed by atoms with van der Waals surface area (Å²) >= 11 is 0. The molecule has 0 heterocycles. The summed E-state index contributed by atoms with van der Waals surface area (Å²) in [7, 11) is 3.31. The van der Waals surface area contributed by atoms with Crippen molar-refractivity contribution >= 4 is 5.91 Å². The SMILES string of the molecule is COCCOc1ccc(C(=O)N(C)C(C)C(O)c2ccccc2)cc1. The van der Waals surface area contributed by atoms with Gasteiger partial charge in [0.05, 0.1) is 18.8 Å². The van der Waals surface area contributed by atoms with E-state index in [1.807, 2.05) is 37.3 Å². The highest BCUT2D eigenvalue weighted by atomic mass is 16.5. The molecule has 1 N–H and O–H groups in total. The number of aliphatic hydroxyl groups is 1. The van der Waals surface area contributed by atoms with Gasteiger partial charge in [-0.2, -0.15) is 0 Å². The summed E-state index contributed by atoms with van der Waals surface area (Å²) in [5.41, 5.74) is 1.34. The van der Waals surface area contributed by atoms with Crippen molar-refractivity contribution in [3.05, 3.63) is 65.7 Å². The van der Waals surface area contributed by atoms with Gasteiger partial charge in [0.25, 0.3) is 5.91 Å². The second kappa shape index (κ2) is 9.20. The molecule has 2 aromatic carbocycles. The molecule has 0 saturated carbocycles. The van der Waals surface area contributed by atoms with Crippen molar-refractivity contribution in [1.29, 1.82) is 0 Å². The third-order valence-corrected chi connectivity index (χ3v) is 4.19. The Bertz CT molecular complexity index is 657. The molecule has 0 radical (unpaired) electrons. The van der Waals surface area contributed by atoms with Gasteiger partial charge in [-0.25, -0.2) is 0 Å². The van der Waals surface area contributed by atoms with Crippen molar-refractivity contribution in [3.8, 4) is 5.75 Å². The fraction of sp³-hybridized carbons (Fsp3) is 0.350. The summed E-state index contributed by atoms with van der Waals surface area (Å²) in [5, 5.41) is 10.5. The van der Waals surface area contributed by atoms with E-state index in [9.17, 15) is 9.90 Å². The van der Waals surface area contributed by atoms with E-state index in [-0.39, 0.29) is 11.9 Å². The fourth-order valence-corrected chi connectivity index (χ4v) is 2.47. The predicted octanol–water partition coefficient (Wildman–Crippen LogP) is 2.91. The Morgan fingerprint density at radius 2 is 1.72 bits per heavy atom. The van der Waals surface area contributed by atoms with Crippen molar-refractivity contribution in [3.63, 3.8) is 0 Å². The average molecular weight is 343 g/mol. The number of carbonyl (C=O) groups is 1. The zero-order valence-electron chi connectivity index (χ0n) is 14.9. The Morgan fingerprint density at radius 3 is 2.32 bits per heavy atom. The first-order valence-electron chi connectivity index (χ1n) is 8.26. The molecule has 0 aliphatic carbocycles. The van der Waals surface area contributed by atoms with Gasteiger partial charge >= 0.3 is 0 Å². The topological polar surface area (TPSA) is 59.0 Å². The van der Waals surface area contributed by atoms with Crippen molar-refractivity contribution in [2.24, 2.45) is 0 Å². The van der Waals surface area contributed by atoms with Crippen LogP contribution in [0.15, 0.2) is 54.6 Å². The normalized spacial score (nSPS) is 13.1. The lowest BCUT2D eigenvalue weighted by Gasteiger charge is -2.29. The van der Waals surface area contributed by atoms with E-state index in [0.717, 1.165) is 5.56 Å². The van der Waals surface area contributed by atoms with Crippen molar-refractivity contribution < 1.29 is 19.4 Å². The van der Waals surface area contributed by atoms with Crippen LogP contribution in [0.5, 0.6) is 5.75 Å². The average Bonchev–Trinajstić information content (AvgIpc) is 2.67. The maximum absolute atomic E-state index is 12.6. The number of amides is 1. The number of hydrogen-bond acceptors (Lipinski definition) is 4. The molecule has 2 aromatic rings. The van der Waals surface area contributed by atoms with Gasteiger partial charge in [0.2, 0.25) is 0 Å². The zero-order valence-corrected chi connectivity index (χ0v) is 14.9. The van der Waals surface area contributed by atoms with Gasteiger partial charge in [0.1, 0.15) is 12.4 Å². The lowest BCUT2D eigenvalue weighted by atomic mass is 10.0. The van der Waals surface area contributed by atoms with Crippen LogP contribution in [0.25, 0.3) is 0 Å². The molecule has 134 valence electrons. The van der Waals surface area contributed by atoms with Crippen LogP contribution in [-0.2, 0) is 4.74 Å². The molecule has 0 aliphatic rings. The molecule has 0 aliphatic heterocycles. The van der Waals surface area contributed by atoms with Crippen LogP contribution in [0.3, 0.4) is 0 Å². The number of aliphatic hydroxyl groups excluding tert-OH is 1. The molecule has 1 amide bonds. The molecule has 5 nitrogen and oxygen atoms in total. The lowest BCUT2D eigenvalue weighted by molar-refractivity contribution is 0.0487. The quantitative estimate of drug-likeness (QED) is 0.749. The minimum Gasteiger partial charge on any atom is -0.491 e. The maximum atomic E-state index is 12.6. The Balaban J connectivity index is 2.01. The molecule has 0 aromatic heterocycles. The second-order valence-electron chi connectivity index (χ2n) is 5.88. The van der Waals surface area contributed by atoms with Gasteiger partial charge in [-0.3, -0.25) is 4.79 Å².